The molecular weight excluding hydrogens is 506 g/mol. The highest BCUT2D eigenvalue weighted by atomic mass is 32.1. The van der Waals surface area contributed by atoms with Crippen LogP contribution in [0.4, 0.5) is 0 Å². The number of hydrogen-bond acceptors (Lipinski definition) is 5. The predicted octanol–water partition coefficient (Wildman–Crippen LogP) is 4.54. The van der Waals surface area contributed by atoms with Crippen LogP contribution in [0.1, 0.15) is 31.0 Å². The van der Waals surface area contributed by atoms with Gasteiger partial charge in [0.05, 0.1) is 35.0 Å². The number of carbonyl (C=O) groups is 1. The third kappa shape index (κ3) is 4.10. The van der Waals surface area contributed by atoms with Crippen LogP contribution in [0.25, 0.3) is 27.8 Å². The summed E-state index contributed by atoms with van der Waals surface area (Å²) in [5.41, 5.74) is 3.46. The number of para-hydroxylation sites is 1. The number of ether oxygens (including phenoxy) is 1. The Balaban J connectivity index is 1.62. The molecule has 3 aromatic carbocycles. The summed E-state index contributed by atoms with van der Waals surface area (Å²) in [6, 6.07) is 21.2. The minimum absolute atomic E-state index is 0.209. The van der Waals surface area contributed by atoms with Gasteiger partial charge in [-0.2, -0.15) is 0 Å². The molecule has 0 N–H and O–H groups in total. The zero-order valence-electron chi connectivity index (χ0n) is 21.5. The third-order valence-corrected chi connectivity index (χ3v) is 7.99. The van der Waals surface area contributed by atoms with Crippen LogP contribution in [0.5, 0.6) is 0 Å². The molecule has 1 aliphatic heterocycles. The molecule has 5 aromatic rings. The highest BCUT2D eigenvalue weighted by Crippen LogP contribution is 2.34. The fourth-order valence-electron chi connectivity index (χ4n) is 5.34. The van der Waals surface area contributed by atoms with Crippen molar-refractivity contribution < 1.29 is 9.53 Å². The van der Waals surface area contributed by atoms with Crippen molar-refractivity contribution in [2.75, 3.05) is 6.61 Å². The van der Waals surface area contributed by atoms with Crippen molar-refractivity contribution in [3.8, 4) is 12.3 Å². The summed E-state index contributed by atoms with van der Waals surface area (Å²) in [6.07, 6.45) is 9.46. The molecule has 0 radical (unpaired) electrons. The second-order valence-corrected chi connectivity index (χ2v) is 10.3. The SMILES string of the molecule is C#CCn1cc(/C=c2/sc3n(c2=O)[C@@H](c2cccc4ccccc24)C(C(=O)OCC)=C(C)N=3)c2ccccc21. The Morgan fingerprint density at radius 3 is 2.64 bits per heavy atom. The van der Waals surface area contributed by atoms with E-state index in [1.807, 2.05) is 83.6 Å². The standard InChI is InChI=1S/C32H25N3O3S/c1-4-17-34-19-22(24-14-8-9-16-26(24)34)18-27-30(36)35-29(25-15-10-12-21-11-6-7-13-23(21)25)28(31(37)38-5-2)20(3)33-32(35)39-27/h1,6-16,18-19,29H,5,17H2,2-3H3/b27-18+/t29-/m0/s1. The van der Waals surface area contributed by atoms with Gasteiger partial charge in [0.15, 0.2) is 4.80 Å². The Hall–Kier alpha value is -4.67. The molecule has 192 valence electrons. The van der Waals surface area contributed by atoms with Gasteiger partial charge in [-0.25, -0.2) is 9.79 Å². The largest absolute Gasteiger partial charge is 0.463 e. The molecule has 0 saturated carbocycles. The van der Waals surface area contributed by atoms with Gasteiger partial charge in [0.2, 0.25) is 0 Å². The predicted molar refractivity (Wildman–Crippen MR) is 155 cm³/mol. The Kier molecular flexibility index (Phi) is 6.26. The summed E-state index contributed by atoms with van der Waals surface area (Å²) in [5.74, 6) is 2.23. The number of nitrogens with zero attached hydrogens (tertiary/aromatic N) is 3. The molecule has 3 heterocycles. The van der Waals surface area contributed by atoms with Gasteiger partial charge >= 0.3 is 5.97 Å². The molecule has 0 fully saturated rings. The molecule has 0 amide bonds. The van der Waals surface area contributed by atoms with Crippen LogP contribution in [0.2, 0.25) is 0 Å². The van der Waals surface area contributed by atoms with Crippen LogP contribution in [0.15, 0.2) is 94.0 Å². The number of carbonyl (C=O) groups excluding carboxylic acids is 1. The Morgan fingerprint density at radius 1 is 1.10 bits per heavy atom. The number of esters is 1. The molecule has 0 bridgehead atoms. The number of aromatic nitrogens is 2. The van der Waals surface area contributed by atoms with Crippen LogP contribution < -0.4 is 14.9 Å². The molecule has 39 heavy (non-hydrogen) atoms. The quantitative estimate of drug-likeness (QED) is 0.247. The topological polar surface area (TPSA) is 65.6 Å². The van der Waals surface area contributed by atoms with E-state index in [2.05, 4.69) is 5.92 Å². The van der Waals surface area contributed by atoms with E-state index in [1.165, 1.54) is 11.3 Å². The van der Waals surface area contributed by atoms with Crippen LogP contribution in [0.3, 0.4) is 0 Å². The van der Waals surface area contributed by atoms with Crippen LogP contribution in [0, 0.1) is 12.3 Å². The van der Waals surface area contributed by atoms with Gasteiger partial charge in [-0.15, -0.1) is 6.42 Å². The minimum Gasteiger partial charge on any atom is -0.463 e. The molecule has 2 aromatic heterocycles. The number of terminal acetylenes is 1. The zero-order valence-corrected chi connectivity index (χ0v) is 22.4. The van der Waals surface area contributed by atoms with Crippen molar-refractivity contribution in [1.82, 2.24) is 9.13 Å². The van der Waals surface area contributed by atoms with Gasteiger partial charge in [-0.3, -0.25) is 9.36 Å². The number of thiazole rings is 1. The number of rotatable bonds is 5. The Morgan fingerprint density at radius 2 is 1.85 bits per heavy atom. The smallest absolute Gasteiger partial charge is 0.338 e. The maximum absolute atomic E-state index is 14.1. The zero-order chi connectivity index (χ0) is 27.1. The van der Waals surface area contributed by atoms with Crippen LogP contribution in [-0.2, 0) is 16.1 Å². The van der Waals surface area contributed by atoms with Crippen molar-refractivity contribution in [2.45, 2.75) is 26.4 Å². The minimum atomic E-state index is -0.670. The van der Waals surface area contributed by atoms with E-state index in [1.54, 1.807) is 18.4 Å². The van der Waals surface area contributed by atoms with Crippen LogP contribution in [-0.4, -0.2) is 21.7 Å². The first-order valence-electron chi connectivity index (χ1n) is 12.7. The van der Waals surface area contributed by atoms with Crippen LogP contribution >= 0.6 is 11.3 Å². The van der Waals surface area contributed by atoms with E-state index < -0.39 is 12.0 Å². The maximum atomic E-state index is 14.1. The summed E-state index contributed by atoms with van der Waals surface area (Å²) in [4.78, 5) is 32.6. The first-order chi connectivity index (χ1) is 19.0. The van der Waals surface area contributed by atoms with E-state index in [0.29, 0.717) is 27.1 Å². The number of hydrogen-bond donors (Lipinski definition) is 0. The van der Waals surface area contributed by atoms with Crippen molar-refractivity contribution in [2.24, 2.45) is 4.99 Å². The second-order valence-electron chi connectivity index (χ2n) is 9.30. The number of fused-ring (bicyclic) bond motifs is 3. The summed E-state index contributed by atoms with van der Waals surface area (Å²) < 4.78 is 9.62. The molecule has 1 aliphatic rings. The molecule has 6 nitrogen and oxygen atoms in total. The molecule has 0 aliphatic carbocycles. The average molecular weight is 532 g/mol. The van der Waals surface area contributed by atoms with Gasteiger partial charge in [-0.1, -0.05) is 77.9 Å². The van der Waals surface area contributed by atoms with Crippen molar-refractivity contribution >= 4 is 45.1 Å². The van der Waals surface area contributed by atoms with Crippen molar-refractivity contribution in [3.63, 3.8) is 0 Å². The molecule has 7 heteroatoms. The van der Waals surface area contributed by atoms with Gasteiger partial charge in [0.25, 0.3) is 5.56 Å². The summed E-state index contributed by atoms with van der Waals surface area (Å²) in [6.45, 7) is 4.23. The molecule has 6 rings (SSSR count). The van der Waals surface area contributed by atoms with E-state index in [9.17, 15) is 9.59 Å². The lowest BCUT2D eigenvalue weighted by Crippen LogP contribution is -2.40. The summed E-state index contributed by atoms with van der Waals surface area (Å²) >= 11 is 1.32. The van der Waals surface area contributed by atoms with E-state index in [-0.39, 0.29) is 12.2 Å². The van der Waals surface area contributed by atoms with Crippen molar-refractivity contribution in [1.29, 1.82) is 0 Å². The van der Waals surface area contributed by atoms with Gasteiger partial charge in [-0.05, 0) is 42.3 Å². The maximum Gasteiger partial charge on any atom is 0.338 e. The average Bonchev–Trinajstić information content (AvgIpc) is 3.44. The molecule has 1 atom stereocenters. The summed E-state index contributed by atoms with van der Waals surface area (Å²) in [7, 11) is 0. The van der Waals surface area contributed by atoms with Gasteiger partial charge in [0.1, 0.15) is 0 Å². The van der Waals surface area contributed by atoms with E-state index in [4.69, 9.17) is 16.2 Å². The Labute approximate surface area is 228 Å². The lowest BCUT2D eigenvalue weighted by molar-refractivity contribution is -0.139. The monoisotopic (exact) mass is 531 g/mol. The highest BCUT2D eigenvalue weighted by molar-refractivity contribution is 7.07. The summed E-state index contributed by atoms with van der Waals surface area (Å²) in [5, 5.41) is 3.00. The number of benzene rings is 3. The van der Waals surface area contributed by atoms with E-state index in [0.717, 1.165) is 32.8 Å². The molecule has 0 saturated heterocycles. The first-order valence-corrected chi connectivity index (χ1v) is 13.5. The molecule has 0 unspecified atom stereocenters. The van der Waals surface area contributed by atoms with E-state index >= 15 is 0 Å². The van der Waals surface area contributed by atoms with Crippen molar-refractivity contribution in [3.05, 3.63) is 115 Å². The third-order valence-electron chi connectivity index (χ3n) is 7.00. The molecular formula is C32H25N3O3S. The second kappa shape index (κ2) is 9.90. The van der Waals surface area contributed by atoms with Gasteiger partial charge in [0, 0.05) is 22.7 Å². The highest BCUT2D eigenvalue weighted by Gasteiger charge is 2.34. The normalized spacial score (nSPS) is 15.3. The fraction of sp³-hybridized carbons (Fsp3) is 0.156. The number of allylic oxidation sites excluding steroid dienone is 1. The first kappa shape index (κ1) is 24.7. The lowest BCUT2D eigenvalue weighted by atomic mass is 9.91. The molecule has 0 spiro atoms. The lowest BCUT2D eigenvalue weighted by Gasteiger charge is -2.25. The Bertz CT molecular complexity index is 2030. The fourth-order valence-corrected chi connectivity index (χ4v) is 6.37. The van der Waals surface area contributed by atoms with Gasteiger partial charge < -0.3 is 9.30 Å².